The fourth-order valence-corrected chi connectivity index (χ4v) is 6.68. The highest BCUT2D eigenvalue weighted by molar-refractivity contribution is 6.08. The number of amides is 1. The zero-order valence-corrected chi connectivity index (χ0v) is 26.0. The van der Waals surface area contributed by atoms with Gasteiger partial charge in [0.05, 0.1) is 17.3 Å². The molecule has 0 radical (unpaired) electrons. The van der Waals surface area contributed by atoms with Gasteiger partial charge in [-0.25, -0.2) is 4.98 Å². The minimum Gasteiger partial charge on any atom is -0.354 e. The molecule has 0 bridgehead atoms. The van der Waals surface area contributed by atoms with Gasteiger partial charge < -0.3 is 15.2 Å². The number of piperazine rings is 1. The number of aromatic amines is 1. The lowest BCUT2D eigenvalue weighted by molar-refractivity contribution is 0.0952. The van der Waals surface area contributed by atoms with Gasteiger partial charge in [-0.1, -0.05) is 0 Å². The molecule has 9 heteroatoms. The van der Waals surface area contributed by atoms with Crippen LogP contribution in [0.5, 0.6) is 0 Å². The van der Waals surface area contributed by atoms with Crippen LogP contribution in [0.1, 0.15) is 79.3 Å². The Balaban J connectivity index is 1.29. The van der Waals surface area contributed by atoms with E-state index < -0.39 is 0 Å². The predicted octanol–water partition coefficient (Wildman–Crippen LogP) is 5.02. The number of aromatic nitrogens is 4. The van der Waals surface area contributed by atoms with Crippen molar-refractivity contribution in [2.24, 2.45) is 0 Å². The summed E-state index contributed by atoms with van der Waals surface area (Å²) >= 11 is 0. The number of nitrogens with one attached hydrogen (secondary N) is 2. The summed E-state index contributed by atoms with van der Waals surface area (Å²) in [5, 5.41) is 8.49. The maximum Gasteiger partial charge on any atom is 0.253 e. The number of hydrogen-bond acceptors (Lipinski definition) is 6. The molecule has 4 heterocycles. The molecule has 0 atom stereocenters. The number of carbonyl (C=O) groups excluding carboxylic acids is 1. The van der Waals surface area contributed by atoms with Crippen LogP contribution in [0.15, 0.2) is 41.5 Å². The van der Waals surface area contributed by atoms with E-state index in [1.54, 1.807) is 6.20 Å². The number of nitrogens with zero attached hydrogens (tertiary/aromatic N) is 5. The number of anilines is 1. The maximum absolute atomic E-state index is 13.8. The van der Waals surface area contributed by atoms with Crippen molar-refractivity contribution in [3.8, 4) is 11.1 Å². The topological polar surface area (TPSA) is 99.2 Å². The van der Waals surface area contributed by atoms with E-state index in [2.05, 4.69) is 71.1 Å². The van der Waals surface area contributed by atoms with E-state index in [0.29, 0.717) is 17.2 Å². The summed E-state index contributed by atoms with van der Waals surface area (Å²) in [4.78, 5) is 39.4. The van der Waals surface area contributed by atoms with E-state index in [4.69, 9.17) is 4.98 Å². The van der Waals surface area contributed by atoms with Crippen LogP contribution in [0.3, 0.4) is 0 Å². The van der Waals surface area contributed by atoms with E-state index in [9.17, 15) is 9.59 Å². The van der Waals surface area contributed by atoms with E-state index in [0.717, 1.165) is 91.0 Å². The summed E-state index contributed by atoms with van der Waals surface area (Å²) in [6.07, 6.45) is 7.71. The Bertz CT molecular complexity index is 1690. The van der Waals surface area contributed by atoms with Crippen LogP contribution in [0.4, 0.5) is 5.82 Å². The quantitative estimate of drug-likeness (QED) is 0.318. The Kier molecular flexibility index (Phi) is 8.09. The van der Waals surface area contributed by atoms with Crippen molar-refractivity contribution >= 4 is 22.6 Å². The van der Waals surface area contributed by atoms with Crippen LogP contribution in [-0.4, -0.2) is 62.8 Å². The standard InChI is InChI=1S/C34H43N7O2/c1-21(2)39-12-14-40(15-13-39)32-11-10-24(18-35-32)25-16-28(29-20-37-41(22(3)4)31(29)17-25)33(42)36-19-30-27-9-7-6-8-26(27)23(5)38-34(30)43/h10-11,16-18,20-22H,6-9,12-15,19H2,1-5H3,(H,36,42)(H,38,43). The van der Waals surface area contributed by atoms with Gasteiger partial charge in [-0.15, -0.1) is 0 Å². The summed E-state index contributed by atoms with van der Waals surface area (Å²) < 4.78 is 1.95. The molecule has 1 amide bonds. The molecule has 1 aliphatic heterocycles. The molecule has 43 heavy (non-hydrogen) atoms. The number of hydrogen-bond donors (Lipinski definition) is 2. The number of benzene rings is 1. The van der Waals surface area contributed by atoms with E-state index in [-0.39, 0.29) is 24.1 Å². The van der Waals surface area contributed by atoms with Crippen molar-refractivity contribution in [3.63, 3.8) is 0 Å². The minimum absolute atomic E-state index is 0.109. The highest BCUT2D eigenvalue weighted by Gasteiger charge is 2.23. The number of pyridine rings is 2. The monoisotopic (exact) mass is 581 g/mol. The van der Waals surface area contributed by atoms with Gasteiger partial charge in [-0.05, 0) is 101 Å². The van der Waals surface area contributed by atoms with Crippen LogP contribution in [0.2, 0.25) is 0 Å². The Morgan fingerprint density at radius 2 is 1.70 bits per heavy atom. The third-order valence-corrected chi connectivity index (χ3v) is 9.19. The number of carbonyl (C=O) groups is 1. The molecular weight excluding hydrogens is 538 g/mol. The van der Waals surface area contributed by atoms with Gasteiger partial charge >= 0.3 is 0 Å². The second-order valence-corrected chi connectivity index (χ2v) is 12.6. The minimum atomic E-state index is -0.215. The molecule has 6 rings (SSSR count). The van der Waals surface area contributed by atoms with Crippen LogP contribution in [0.25, 0.3) is 22.0 Å². The van der Waals surface area contributed by atoms with E-state index >= 15 is 0 Å². The molecule has 226 valence electrons. The second kappa shape index (κ2) is 12.0. The Hall–Kier alpha value is -3.98. The van der Waals surface area contributed by atoms with Crippen molar-refractivity contribution in [2.45, 2.75) is 78.9 Å². The second-order valence-electron chi connectivity index (χ2n) is 12.6. The molecule has 1 fully saturated rings. The maximum atomic E-state index is 13.8. The van der Waals surface area contributed by atoms with Crippen molar-refractivity contribution in [3.05, 3.63) is 75.0 Å². The lowest BCUT2D eigenvalue weighted by Crippen LogP contribution is -2.49. The van der Waals surface area contributed by atoms with Gasteiger partial charge in [-0.2, -0.15) is 5.10 Å². The Morgan fingerprint density at radius 3 is 2.37 bits per heavy atom. The summed E-state index contributed by atoms with van der Waals surface area (Å²) in [5.74, 6) is 0.761. The van der Waals surface area contributed by atoms with E-state index in [1.165, 1.54) is 5.56 Å². The molecule has 0 unspecified atom stereocenters. The summed E-state index contributed by atoms with van der Waals surface area (Å²) in [6.45, 7) is 14.8. The third kappa shape index (κ3) is 5.70. The van der Waals surface area contributed by atoms with Gasteiger partial charge in [0, 0.05) is 73.2 Å². The van der Waals surface area contributed by atoms with Crippen LogP contribution >= 0.6 is 0 Å². The number of fused-ring (bicyclic) bond motifs is 2. The summed E-state index contributed by atoms with van der Waals surface area (Å²) in [7, 11) is 0. The summed E-state index contributed by atoms with van der Waals surface area (Å²) in [5.41, 5.74) is 7.15. The number of aryl methyl sites for hydroxylation is 1. The molecular formula is C34H43N7O2. The Labute approximate surface area is 253 Å². The zero-order valence-electron chi connectivity index (χ0n) is 26.0. The molecule has 2 N–H and O–H groups in total. The van der Waals surface area contributed by atoms with Gasteiger partial charge in [0.25, 0.3) is 11.5 Å². The van der Waals surface area contributed by atoms with Gasteiger partial charge in [0.15, 0.2) is 0 Å². The van der Waals surface area contributed by atoms with Crippen molar-refractivity contribution in [2.75, 3.05) is 31.1 Å². The zero-order chi connectivity index (χ0) is 30.2. The molecule has 1 aromatic carbocycles. The molecule has 1 aliphatic carbocycles. The normalized spacial score (nSPS) is 15.8. The Morgan fingerprint density at radius 1 is 0.953 bits per heavy atom. The fourth-order valence-electron chi connectivity index (χ4n) is 6.68. The molecule has 3 aromatic heterocycles. The first-order valence-corrected chi connectivity index (χ1v) is 15.7. The molecule has 9 nitrogen and oxygen atoms in total. The van der Waals surface area contributed by atoms with Crippen molar-refractivity contribution in [1.82, 2.24) is 30.0 Å². The molecule has 1 saturated heterocycles. The average molecular weight is 582 g/mol. The highest BCUT2D eigenvalue weighted by atomic mass is 16.1. The van der Waals surface area contributed by atoms with Crippen molar-refractivity contribution < 1.29 is 4.79 Å². The molecule has 0 spiro atoms. The largest absolute Gasteiger partial charge is 0.354 e. The van der Waals surface area contributed by atoms with Gasteiger partial charge in [0.1, 0.15) is 5.82 Å². The average Bonchev–Trinajstić information content (AvgIpc) is 3.45. The summed E-state index contributed by atoms with van der Waals surface area (Å²) in [6, 6.07) is 8.88. The van der Waals surface area contributed by atoms with E-state index in [1.807, 2.05) is 23.9 Å². The lowest BCUT2D eigenvalue weighted by atomic mass is 9.88. The first-order valence-electron chi connectivity index (χ1n) is 15.7. The molecule has 2 aliphatic rings. The molecule has 4 aromatic rings. The highest BCUT2D eigenvalue weighted by Crippen LogP contribution is 2.30. The predicted molar refractivity (Wildman–Crippen MR) is 172 cm³/mol. The number of H-pyrrole nitrogens is 1. The SMILES string of the molecule is Cc1[nH]c(=O)c(CNC(=O)c2cc(-c3ccc(N4CCN(C(C)C)CC4)nc3)cc3c2cnn3C(C)C)c2c1CCCC2. The van der Waals surface area contributed by atoms with Crippen LogP contribution in [-0.2, 0) is 19.4 Å². The first kappa shape index (κ1) is 29.1. The van der Waals surface area contributed by atoms with Crippen molar-refractivity contribution in [1.29, 1.82) is 0 Å². The van der Waals surface area contributed by atoms with Gasteiger partial charge in [0.2, 0.25) is 0 Å². The fraction of sp³-hybridized carbons (Fsp3) is 0.471. The first-order chi connectivity index (χ1) is 20.7. The van der Waals surface area contributed by atoms with Crippen LogP contribution in [0, 0.1) is 6.92 Å². The lowest BCUT2D eigenvalue weighted by Gasteiger charge is -2.37. The third-order valence-electron chi connectivity index (χ3n) is 9.19. The van der Waals surface area contributed by atoms with Gasteiger partial charge in [-0.3, -0.25) is 19.2 Å². The smallest absolute Gasteiger partial charge is 0.253 e. The number of rotatable bonds is 7. The van der Waals surface area contributed by atoms with Crippen LogP contribution < -0.4 is 15.8 Å². The molecule has 0 saturated carbocycles.